The van der Waals surface area contributed by atoms with Crippen molar-refractivity contribution in [2.45, 2.75) is 13.3 Å². The average Bonchev–Trinajstić information content (AvgIpc) is 2.04. The summed E-state index contributed by atoms with van der Waals surface area (Å²) in [5, 5.41) is 0.610. The Morgan fingerprint density at radius 1 is 1.64 bits per heavy atom. The number of hydrogen-bond acceptors (Lipinski definition) is 2. The molecule has 0 bridgehead atoms. The minimum absolute atomic E-state index is 0.610. The van der Waals surface area contributed by atoms with Crippen LogP contribution in [0.15, 0.2) is 12.3 Å². The van der Waals surface area contributed by atoms with Crippen molar-refractivity contribution >= 4 is 11.6 Å². The van der Waals surface area contributed by atoms with Crippen molar-refractivity contribution in [1.82, 2.24) is 4.98 Å². The van der Waals surface area contributed by atoms with Gasteiger partial charge in [0.05, 0.1) is 17.8 Å². The van der Waals surface area contributed by atoms with Crippen LogP contribution in [0.5, 0.6) is 5.75 Å². The van der Waals surface area contributed by atoms with Gasteiger partial charge in [0, 0.05) is 12.3 Å². The fourth-order valence-electron chi connectivity index (χ4n) is 0.891. The summed E-state index contributed by atoms with van der Waals surface area (Å²) in [6.07, 6.45) is 2.49. The monoisotopic (exact) mass is 171 g/mol. The van der Waals surface area contributed by atoms with Gasteiger partial charge in [-0.25, -0.2) is 0 Å². The first-order valence-corrected chi connectivity index (χ1v) is 3.84. The third-order valence-corrected chi connectivity index (χ3v) is 1.66. The molecule has 0 aliphatic heterocycles. The molecule has 0 saturated heterocycles. The van der Waals surface area contributed by atoms with Crippen LogP contribution in [0.2, 0.25) is 5.02 Å². The molecule has 0 N–H and O–H groups in total. The van der Waals surface area contributed by atoms with E-state index in [4.69, 9.17) is 16.3 Å². The molecule has 0 aliphatic carbocycles. The highest BCUT2D eigenvalue weighted by molar-refractivity contribution is 6.30. The maximum Gasteiger partial charge on any atom is 0.141 e. The van der Waals surface area contributed by atoms with Crippen LogP contribution in [0.3, 0.4) is 0 Å². The number of aryl methyl sites for hydroxylation is 1. The maximum atomic E-state index is 5.71. The van der Waals surface area contributed by atoms with E-state index in [9.17, 15) is 0 Å². The van der Waals surface area contributed by atoms with E-state index in [2.05, 4.69) is 4.98 Å². The fraction of sp³-hybridized carbons (Fsp3) is 0.375. The van der Waals surface area contributed by atoms with Gasteiger partial charge in [0.25, 0.3) is 0 Å². The van der Waals surface area contributed by atoms with Crippen LogP contribution in [0.1, 0.15) is 12.6 Å². The predicted octanol–water partition coefficient (Wildman–Crippen LogP) is 2.31. The highest BCUT2D eigenvalue weighted by atomic mass is 35.5. The second-order valence-corrected chi connectivity index (χ2v) is 2.59. The first-order chi connectivity index (χ1) is 5.27. The summed E-state index contributed by atoms with van der Waals surface area (Å²) in [6, 6.07) is 1.77. The normalized spacial score (nSPS) is 9.73. The molecule has 0 aromatic carbocycles. The van der Waals surface area contributed by atoms with E-state index in [-0.39, 0.29) is 0 Å². The van der Waals surface area contributed by atoms with Gasteiger partial charge in [0.2, 0.25) is 0 Å². The van der Waals surface area contributed by atoms with E-state index in [1.807, 2.05) is 6.92 Å². The molecular formula is C8H10ClNO. The molecule has 2 nitrogen and oxygen atoms in total. The topological polar surface area (TPSA) is 22.1 Å². The summed E-state index contributed by atoms with van der Waals surface area (Å²) in [4.78, 5) is 4.11. The van der Waals surface area contributed by atoms with Gasteiger partial charge in [0.1, 0.15) is 5.75 Å². The molecule has 0 aliphatic rings. The Morgan fingerprint density at radius 3 is 2.91 bits per heavy atom. The summed E-state index contributed by atoms with van der Waals surface area (Å²) in [7, 11) is 1.62. The van der Waals surface area contributed by atoms with Crippen molar-refractivity contribution in [2.24, 2.45) is 0 Å². The van der Waals surface area contributed by atoms with Crippen LogP contribution < -0.4 is 4.74 Å². The molecule has 60 valence electrons. The molecule has 1 aromatic heterocycles. The SMILES string of the molecule is CCc1ncc(Cl)cc1OC. The zero-order valence-electron chi connectivity index (χ0n) is 6.60. The lowest BCUT2D eigenvalue weighted by atomic mass is 10.3. The van der Waals surface area contributed by atoms with Crippen molar-refractivity contribution in [3.05, 3.63) is 23.0 Å². The molecule has 0 fully saturated rings. The average molecular weight is 172 g/mol. The quantitative estimate of drug-likeness (QED) is 0.682. The van der Waals surface area contributed by atoms with Crippen molar-refractivity contribution in [3.8, 4) is 5.75 Å². The lowest BCUT2D eigenvalue weighted by molar-refractivity contribution is 0.407. The number of halogens is 1. The van der Waals surface area contributed by atoms with E-state index in [0.29, 0.717) is 5.02 Å². The summed E-state index contributed by atoms with van der Waals surface area (Å²) in [5.41, 5.74) is 0.942. The Bertz CT molecular complexity index is 250. The summed E-state index contributed by atoms with van der Waals surface area (Å²) >= 11 is 5.71. The van der Waals surface area contributed by atoms with E-state index in [1.165, 1.54) is 0 Å². The second kappa shape index (κ2) is 3.58. The van der Waals surface area contributed by atoms with Crippen LogP contribution in [0, 0.1) is 0 Å². The van der Waals surface area contributed by atoms with Gasteiger partial charge in [-0.2, -0.15) is 0 Å². The predicted molar refractivity (Wildman–Crippen MR) is 45.2 cm³/mol. The minimum atomic E-state index is 0.610. The molecule has 1 heterocycles. The second-order valence-electron chi connectivity index (χ2n) is 2.16. The number of pyridine rings is 1. The van der Waals surface area contributed by atoms with E-state index in [1.54, 1.807) is 19.4 Å². The van der Waals surface area contributed by atoms with Crippen molar-refractivity contribution in [1.29, 1.82) is 0 Å². The van der Waals surface area contributed by atoms with Crippen LogP contribution >= 0.6 is 11.6 Å². The molecule has 11 heavy (non-hydrogen) atoms. The molecule has 3 heteroatoms. The number of rotatable bonds is 2. The zero-order chi connectivity index (χ0) is 8.27. The van der Waals surface area contributed by atoms with Crippen LogP contribution in [-0.2, 0) is 6.42 Å². The van der Waals surface area contributed by atoms with Gasteiger partial charge >= 0.3 is 0 Å². The molecule has 1 aromatic rings. The number of hydrogen-bond donors (Lipinski definition) is 0. The highest BCUT2D eigenvalue weighted by Crippen LogP contribution is 2.20. The smallest absolute Gasteiger partial charge is 0.141 e. The Labute approximate surface area is 71.2 Å². The number of methoxy groups -OCH3 is 1. The van der Waals surface area contributed by atoms with Gasteiger partial charge in [-0.1, -0.05) is 18.5 Å². The molecule has 1 rings (SSSR count). The molecule has 0 atom stereocenters. The van der Waals surface area contributed by atoms with Crippen LogP contribution in [0.25, 0.3) is 0 Å². The summed E-state index contributed by atoms with van der Waals surface area (Å²) < 4.78 is 5.07. The van der Waals surface area contributed by atoms with E-state index < -0.39 is 0 Å². The Morgan fingerprint density at radius 2 is 2.36 bits per heavy atom. The first-order valence-electron chi connectivity index (χ1n) is 3.46. The third-order valence-electron chi connectivity index (χ3n) is 1.45. The molecule has 0 radical (unpaired) electrons. The van der Waals surface area contributed by atoms with Gasteiger partial charge in [-0.05, 0) is 6.42 Å². The zero-order valence-corrected chi connectivity index (χ0v) is 7.35. The molecule has 0 saturated carbocycles. The number of nitrogens with zero attached hydrogens (tertiary/aromatic N) is 1. The molecule has 0 spiro atoms. The Balaban J connectivity index is 3.06. The van der Waals surface area contributed by atoms with Gasteiger partial charge < -0.3 is 4.74 Å². The number of ether oxygens (including phenoxy) is 1. The highest BCUT2D eigenvalue weighted by Gasteiger charge is 2.01. The van der Waals surface area contributed by atoms with Crippen LogP contribution in [-0.4, -0.2) is 12.1 Å². The summed E-state index contributed by atoms with van der Waals surface area (Å²) in [5.74, 6) is 0.764. The van der Waals surface area contributed by atoms with E-state index >= 15 is 0 Å². The summed E-state index contributed by atoms with van der Waals surface area (Å²) in [6.45, 7) is 2.03. The minimum Gasteiger partial charge on any atom is -0.495 e. The van der Waals surface area contributed by atoms with E-state index in [0.717, 1.165) is 17.9 Å². The molecule has 0 unspecified atom stereocenters. The maximum absolute atomic E-state index is 5.71. The van der Waals surface area contributed by atoms with Gasteiger partial charge in [-0.3, -0.25) is 4.98 Å². The lowest BCUT2D eigenvalue weighted by Gasteiger charge is -2.04. The van der Waals surface area contributed by atoms with Crippen LogP contribution in [0.4, 0.5) is 0 Å². The van der Waals surface area contributed by atoms with Gasteiger partial charge in [0.15, 0.2) is 0 Å². The Hall–Kier alpha value is -0.760. The fourth-order valence-corrected chi connectivity index (χ4v) is 1.04. The van der Waals surface area contributed by atoms with Crippen molar-refractivity contribution < 1.29 is 4.74 Å². The molecule has 0 amide bonds. The Kier molecular flexibility index (Phi) is 2.71. The number of aromatic nitrogens is 1. The van der Waals surface area contributed by atoms with Crippen molar-refractivity contribution in [3.63, 3.8) is 0 Å². The largest absolute Gasteiger partial charge is 0.495 e. The van der Waals surface area contributed by atoms with Crippen molar-refractivity contribution in [2.75, 3.05) is 7.11 Å². The lowest BCUT2D eigenvalue weighted by Crippen LogP contribution is -1.93. The standard InChI is InChI=1S/C8H10ClNO/c1-3-7-8(11-2)4-6(9)5-10-7/h4-5H,3H2,1-2H3. The third kappa shape index (κ3) is 1.84. The van der Waals surface area contributed by atoms with Gasteiger partial charge in [-0.15, -0.1) is 0 Å². The first kappa shape index (κ1) is 8.34. The molecular weight excluding hydrogens is 162 g/mol.